The summed E-state index contributed by atoms with van der Waals surface area (Å²) in [6.07, 6.45) is -9.63. The van der Waals surface area contributed by atoms with E-state index in [9.17, 15) is 58.5 Å². The minimum Gasteiger partial charge on any atom is -0.508 e. The average Bonchev–Trinajstić information content (AvgIpc) is 3.11. The molecule has 4 rings (SSSR count). The molecule has 3 aliphatic carbocycles. The molecule has 2 nitrogen and oxygen atoms in total. The van der Waals surface area contributed by atoms with Crippen LogP contribution in [-0.2, 0) is 6.42 Å². The molecular formula is C24H23F13O2. The maximum Gasteiger partial charge on any atom is 0.460 e. The van der Waals surface area contributed by atoms with Crippen molar-refractivity contribution in [2.75, 3.05) is 0 Å². The molecule has 2 saturated carbocycles. The van der Waals surface area contributed by atoms with Crippen LogP contribution in [-0.4, -0.2) is 52.1 Å². The number of halogens is 13. The Labute approximate surface area is 213 Å². The largest absolute Gasteiger partial charge is 0.508 e. The smallest absolute Gasteiger partial charge is 0.460 e. The van der Waals surface area contributed by atoms with Crippen molar-refractivity contribution in [3.63, 3.8) is 0 Å². The minimum absolute atomic E-state index is 0.00898. The van der Waals surface area contributed by atoms with E-state index in [0.29, 0.717) is 0 Å². The number of aromatic hydroxyl groups is 1. The summed E-state index contributed by atoms with van der Waals surface area (Å²) in [5, 5.41) is 20.3. The molecule has 0 saturated heterocycles. The van der Waals surface area contributed by atoms with Crippen molar-refractivity contribution in [3.05, 3.63) is 29.3 Å². The lowest BCUT2D eigenvalue weighted by molar-refractivity contribution is -0.444. The van der Waals surface area contributed by atoms with E-state index in [2.05, 4.69) is 0 Å². The van der Waals surface area contributed by atoms with Crippen LogP contribution in [0.4, 0.5) is 57.1 Å². The summed E-state index contributed by atoms with van der Waals surface area (Å²) in [6.45, 7) is 1.24. The molecule has 0 spiro atoms. The van der Waals surface area contributed by atoms with Gasteiger partial charge in [0.05, 0.1) is 6.10 Å². The van der Waals surface area contributed by atoms with Crippen molar-refractivity contribution in [2.45, 2.75) is 86.8 Å². The Hall–Kier alpha value is -1.93. The van der Waals surface area contributed by atoms with Crippen LogP contribution in [0.1, 0.15) is 49.7 Å². The van der Waals surface area contributed by atoms with E-state index in [4.69, 9.17) is 0 Å². The van der Waals surface area contributed by atoms with Crippen molar-refractivity contribution < 1.29 is 67.3 Å². The minimum atomic E-state index is -7.96. The van der Waals surface area contributed by atoms with E-state index >= 15 is 8.78 Å². The molecule has 222 valence electrons. The van der Waals surface area contributed by atoms with E-state index in [1.807, 2.05) is 0 Å². The lowest BCUT2D eigenvalue weighted by atomic mass is 9.50. The first-order valence-corrected chi connectivity index (χ1v) is 11.9. The summed E-state index contributed by atoms with van der Waals surface area (Å²) < 4.78 is 182. The number of phenolic OH excluding ortho intramolecular Hbond substituents is 1. The third-order valence-electron chi connectivity index (χ3n) is 9.09. The first-order valence-electron chi connectivity index (χ1n) is 11.9. The Morgan fingerprint density at radius 2 is 1.33 bits per heavy atom. The summed E-state index contributed by atoms with van der Waals surface area (Å²) in [5.74, 6) is -43.9. The fourth-order valence-corrected chi connectivity index (χ4v) is 7.04. The fourth-order valence-electron chi connectivity index (χ4n) is 7.04. The quantitative estimate of drug-likeness (QED) is 0.348. The van der Waals surface area contributed by atoms with Gasteiger partial charge in [0.1, 0.15) is 5.75 Å². The van der Waals surface area contributed by atoms with Crippen LogP contribution in [0.15, 0.2) is 18.2 Å². The van der Waals surface area contributed by atoms with Gasteiger partial charge in [-0.05, 0) is 78.5 Å². The standard InChI is InChI=1S/C24H23F13O2/c1-18-9-15(19(25,26)20(27,28)21(29,30)22(31,32)23(33,34)24(35,36)37)17-12-5-3-11(38)8-10(12)2-4-13(17)14(18)6-7-16(18)39/h3,5,8,13-17,38-39H,2,4,6-7,9H2,1H3/t13-,14-,15-,16-,17+,18-/m0/s1. The zero-order valence-corrected chi connectivity index (χ0v) is 20.0. The summed E-state index contributed by atoms with van der Waals surface area (Å²) in [6, 6.07) is 3.18. The zero-order valence-electron chi connectivity index (χ0n) is 20.0. The summed E-state index contributed by atoms with van der Waals surface area (Å²) in [7, 11) is 0. The topological polar surface area (TPSA) is 40.5 Å². The monoisotopic (exact) mass is 590 g/mol. The van der Waals surface area contributed by atoms with Crippen LogP contribution in [0.25, 0.3) is 0 Å². The Morgan fingerprint density at radius 1 is 0.769 bits per heavy atom. The molecule has 0 heterocycles. The molecule has 1 aromatic carbocycles. The summed E-state index contributed by atoms with van der Waals surface area (Å²) in [4.78, 5) is 0. The highest BCUT2D eigenvalue weighted by atomic mass is 19.4. The van der Waals surface area contributed by atoms with E-state index in [-0.39, 0.29) is 42.6 Å². The number of benzene rings is 1. The molecule has 0 aliphatic heterocycles. The number of aliphatic hydroxyl groups excluding tert-OH is 1. The molecule has 0 aromatic heterocycles. The second kappa shape index (κ2) is 8.54. The number of hydrogen-bond acceptors (Lipinski definition) is 2. The Morgan fingerprint density at radius 3 is 1.90 bits per heavy atom. The van der Waals surface area contributed by atoms with Crippen LogP contribution < -0.4 is 0 Å². The SMILES string of the molecule is C[C@]12C[C@H](C(F)(F)C(F)(F)C(F)(F)C(F)(F)C(F)(F)C(F)(F)F)[C@@H]3c4ccc(O)cc4CC[C@H]3[C@@H]1CC[C@@H]2O. The predicted molar refractivity (Wildman–Crippen MR) is 108 cm³/mol. The summed E-state index contributed by atoms with van der Waals surface area (Å²) in [5.41, 5.74) is -1.51. The molecule has 15 heteroatoms. The second-order valence-corrected chi connectivity index (χ2v) is 11.0. The van der Waals surface area contributed by atoms with Gasteiger partial charge in [-0.1, -0.05) is 13.0 Å². The van der Waals surface area contributed by atoms with E-state index < -0.39 is 77.4 Å². The van der Waals surface area contributed by atoms with Crippen LogP contribution in [0, 0.1) is 23.2 Å². The number of aliphatic hydroxyl groups is 1. The van der Waals surface area contributed by atoms with Crippen LogP contribution in [0.3, 0.4) is 0 Å². The van der Waals surface area contributed by atoms with Crippen LogP contribution in [0.2, 0.25) is 0 Å². The predicted octanol–water partition coefficient (Wildman–Crippen LogP) is 7.57. The van der Waals surface area contributed by atoms with Crippen molar-refractivity contribution in [2.24, 2.45) is 23.2 Å². The molecule has 0 radical (unpaired) electrons. The van der Waals surface area contributed by atoms with E-state index in [0.717, 1.165) is 18.2 Å². The van der Waals surface area contributed by atoms with Crippen LogP contribution in [0.5, 0.6) is 5.75 Å². The third kappa shape index (κ3) is 3.79. The van der Waals surface area contributed by atoms with Crippen molar-refractivity contribution in [3.8, 4) is 5.75 Å². The lowest BCUT2D eigenvalue weighted by Crippen LogP contribution is -2.72. The summed E-state index contributed by atoms with van der Waals surface area (Å²) >= 11 is 0. The number of rotatable bonds is 5. The van der Waals surface area contributed by atoms with Gasteiger partial charge in [-0.15, -0.1) is 0 Å². The number of hydrogen-bond donors (Lipinski definition) is 2. The van der Waals surface area contributed by atoms with Gasteiger partial charge in [-0.25, -0.2) is 0 Å². The lowest BCUT2D eigenvalue weighted by Gasteiger charge is -2.56. The van der Waals surface area contributed by atoms with Crippen molar-refractivity contribution in [1.29, 1.82) is 0 Å². The Kier molecular flexibility index (Phi) is 6.58. The van der Waals surface area contributed by atoms with Gasteiger partial charge >= 0.3 is 35.8 Å². The highest BCUT2D eigenvalue weighted by Crippen LogP contribution is 2.69. The Balaban J connectivity index is 1.88. The first kappa shape index (κ1) is 30.0. The molecule has 1 aromatic rings. The maximum atomic E-state index is 15.7. The molecule has 3 aliphatic rings. The number of fused-ring (bicyclic) bond motifs is 5. The van der Waals surface area contributed by atoms with Gasteiger partial charge in [-0.3, -0.25) is 0 Å². The average molecular weight is 590 g/mol. The van der Waals surface area contributed by atoms with Gasteiger partial charge in [0, 0.05) is 5.92 Å². The molecule has 39 heavy (non-hydrogen) atoms. The first-order chi connectivity index (χ1) is 17.5. The Bertz CT molecular complexity index is 1120. The highest BCUT2D eigenvalue weighted by molar-refractivity contribution is 5.41. The van der Waals surface area contributed by atoms with Gasteiger partial charge < -0.3 is 10.2 Å². The molecule has 2 N–H and O–H groups in total. The fraction of sp³-hybridized carbons (Fsp3) is 0.750. The number of alkyl halides is 13. The number of aryl methyl sites for hydroxylation is 1. The van der Waals surface area contributed by atoms with Gasteiger partial charge in [0.25, 0.3) is 0 Å². The van der Waals surface area contributed by atoms with Crippen molar-refractivity contribution in [1.82, 2.24) is 0 Å². The van der Waals surface area contributed by atoms with E-state index in [1.54, 1.807) is 0 Å². The molecule has 6 atom stereocenters. The molecule has 2 fully saturated rings. The van der Waals surface area contributed by atoms with Gasteiger partial charge in [0.15, 0.2) is 0 Å². The zero-order chi connectivity index (χ0) is 29.8. The highest BCUT2D eigenvalue weighted by Gasteiger charge is 2.91. The van der Waals surface area contributed by atoms with Gasteiger partial charge in [-0.2, -0.15) is 57.1 Å². The normalized spacial score (nSPS) is 32.4. The molecule has 0 bridgehead atoms. The molecule has 0 amide bonds. The molecule has 0 unspecified atom stereocenters. The van der Waals surface area contributed by atoms with Crippen LogP contribution >= 0.6 is 0 Å². The van der Waals surface area contributed by atoms with Gasteiger partial charge in [0.2, 0.25) is 0 Å². The second-order valence-electron chi connectivity index (χ2n) is 11.0. The van der Waals surface area contributed by atoms with Crippen molar-refractivity contribution >= 4 is 0 Å². The number of phenols is 1. The third-order valence-corrected chi connectivity index (χ3v) is 9.09. The van der Waals surface area contributed by atoms with E-state index in [1.165, 1.54) is 6.92 Å². The maximum absolute atomic E-state index is 15.7. The molecular weight excluding hydrogens is 567 g/mol.